The highest BCUT2D eigenvalue weighted by Crippen LogP contribution is 2.23. The van der Waals surface area contributed by atoms with E-state index in [-0.39, 0.29) is 5.89 Å². The van der Waals surface area contributed by atoms with Crippen LogP contribution in [0.3, 0.4) is 0 Å². The fourth-order valence-electron chi connectivity index (χ4n) is 1.97. The van der Waals surface area contributed by atoms with Crippen molar-refractivity contribution in [3.8, 4) is 11.5 Å². The van der Waals surface area contributed by atoms with Crippen molar-refractivity contribution >= 4 is 5.97 Å². The standard InChI is InChI=1S/C17H15N3O3/c1-11-5-7-13(8-6-11)16-20-19-15(23-16)12(2)22-17(21)14-4-3-9-18-10-14/h3-10,12H,1-2H3/t12-/m0/s1. The topological polar surface area (TPSA) is 78.1 Å². The second-order valence-corrected chi connectivity index (χ2v) is 5.10. The van der Waals surface area contributed by atoms with Gasteiger partial charge in [-0.05, 0) is 38.1 Å². The summed E-state index contributed by atoms with van der Waals surface area (Å²) < 4.78 is 10.9. The SMILES string of the molecule is Cc1ccc(-c2nnc([C@H](C)OC(=O)c3cccnc3)o2)cc1. The lowest BCUT2D eigenvalue weighted by molar-refractivity contribution is 0.0279. The third-order valence-electron chi connectivity index (χ3n) is 3.27. The minimum absolute atomic E-state index is 0.248. The molecule has 0 N–H and O–H groups in total. The van der Waals surface area contributed by atoms with E-state index in [1.54, 1.807) is 25.3 Å². The summed E-state index contributed by atoms with van der Waals surface area (Å²) in [7, 11) is 0. The van der Waals surface area contributed by atoms with Crippen LogP contribution in [0.2, 0.25) is 0 Å². The van der Waals surface area contributed by atoms with Crippen molar-refractivity contribution in [2.45, 2.75) is 20.0 Å². The summed E-state index contributed by atoms with van der Waals surface area (Å²) in [4.78, 5) is 15.9. The maximum atomic E-state index is 12.0. The summed E-state index contributed by atoms with van der Waals surface area (Å²) in [5.74, 6) is 0.155. The van der Waals surface area contributed by atoms with Crippen LogP contribution in [0.15, 0.2) is 53.2 Å². The second kappa shape index (κ2) is 6.39. The minimum Gasteiger partial charge on any atom is -0.449 e. The van der Waals surface area contributed by atoms with Gasteiger partial charge in [-0.3, -0.25) is 4.98 Å². The molecule has 0 radical (unpaired) electrons. The molecule has 0 amide bonds. The average molecular weight is 309 g/mol. The largest absolute Gasteiger partial charge is 0.449 e. The van der Waals surface area contributed by atoms with Crippen LogP contribution in [0, 0.1) is 6.92 Å². The maximum absolute atomic E-state index is 12.0. The number of hydrogen-bond acceptors (Lipinski definition) is 6. The molecule has 6 heteroatoms. The number of hydrogen-bond donors (Lipinski definition) is 0. The van der Waals surface area contributed by atoms with E-state index >= 15 is 0 Å². The Labute approximate surface area is 133 Å². The monoisotopic (exact) mass is 309 g/mol. The number of nitrogens with zero attached hydrogens (tertiary/aromatic N) is 3. The number of pyridine rings is 1. The first kappa shape index (κ1) is 14.9. The lowest BCUT2D eigenvalue weighted by Gasteiger charge is -2.08. The fraction of sp³-hybridized carbons (Fsp3) is 0.176. The van der Waals surface area contributed by atoms with Crippen LogP contribution < -0.4 is 0 Å². The Bertz CT molecular complexity index is 797. The number of aromatic nitrogens is 3. The number of aryl methyl sites for hydroxylation is 1. The van der Waals surface area contributed by atoms with E-state index in [2.05, 4.69) is 15.2 Å². The van der Waals surface area contributed by atoms with E-state index in [0.717, 1.165) is 11.1 Å². The van der Waals surface area contributed by atoms with Crippen LogP contribution in [0.4, 0.5) is 0 Å². The molecule has 0 saturated heterocycles. The number of ether oxygens (including phenoxy) is 1. The first-order valence-corrected chi connectivity index (χ1v) is 7.15. The van der Waals surface area contributed by atoms with Crippen LogP contribution in [0.1, 0.15) is 34.8 Å². The van der Waals surface area contributed by atoms with Gasteiger partial charge in [-0.25, -0.2) is 4.79 Å². The summed E-state index contributed by atoms with van der Waals surface area (Å²) >= 11 is 0. The van der Waals surface area contributed by atoms with E-state index in [0.29, 0.717) is 11.5 Å². The summed E-state index contributed by atoms with van der Waals surface area (Å²) in [5, 5.41) is 7.95. The smallest absolute Gasteiger partial charge is 0.340 e. The first-order chi connectivity index (χ1) is 11.1. The van der Waals surface area contributed by atoms with Gasteiger partial charge in [-0.1, -0.05) is 17.7 Å². The third kappa shape index (κ3) is 3.42. The number of benzene rings is 1. The zero-order valence-corrected chi connectivity index (χ0v) is 12.8. The van der Waals surface area contributed by atoms with Crippen LogP contribution in [0.25, 0.3) is 11.5 Å². The van der Waals surface area contributed by atoms with Crippen molar-refractivity contribution in [1.82, 2.24) is 15.2 Å². The lowest BCUT2D eigenvalue weighted by atomic mass is 10.1. The molecule has 1 aromatic carbocycles. The molecule has 6 nitrogen and oxygen atoms in total. The molecule has 3 aromatic rings. The molecule has 3 rings (SSSR count). The predicted molar refractivity (Wildman–Crippen MR) is 82.5 cm³/mol. The number of rotatable bonds is 4. The highest BCUT2D eigenvalue weighted by atomic mass is 16.6. The molecular formula is C17H15N3O3. The van der Waals surface area contributed by atoms with E-state index in [1.807, 2.05) is 31.2 Å². The van der Waals surface area contributed by atoms with Gasteiger partial charge in [-0.2, -0.15) is 0 Å². The lowest BCUT2D eigenvalue weighted by Crippen LogP contribution is -2.09. The van der Waals surface area contributed by atoms with Crippen molar-refractivity contribution < 1.29 is 13.9 Å². The molecule has 2 aromatic heterocycles. The molecule has 0 bridgehead atoms. The third-order valence-corrected chi connectivity index (χ3v) is 3.27. The van der Waals surface area contributed by atoms with Gasteiger partial charge in [0.2, 0.25) is 5.89 Å². The van der Waals surface area contributed by atoms with Gasteiger partial charge < -0.3 is 9.15 Å². The molecule has 0 unspecified atom stereocenters. The first-order valence-electron chi connectivity index (χ1n) is 7.15. The molecule has 0 saturated carbocycles. The van der Waals surface area contributed by atoms with Crippen molar-refractivity contribution in [3.63, 3.8) is 0 Å². The van der Waals surface area contributed by atoms with E-state index in [4.69, 9.17) is 9.15 Å². The zero-order chi connectivity index (χ0) is 16.2. The average Bonchev–Trinajstić information content (AvgIpc) is 3.06. The predicted octanol–water partition coefficient (Wildman–Crippen LogP) is 3.36. The Balaban J connectivity index is 1.72. The fourth-order valence-corrected chi connectivity index (χ4v) is 1.97. The maximum Gasteiger partial charge on any atom is 0.340 e. The number of carbonyl (C=O) groups is 1. The normalized spacial score (nSPS) is 11.9. The van der Waals surface area contributed by atoms with Gasteiger partial charge in [0.1, 0.15) is 0 Å². The summed E-state index contributed by atoms with van der Waals surface area (Å²) in [6.45, 7) is 3.68. The van der Waals surface area contributed by atoms with Gasteiger partial charge in [-0.15, -0.1) is 10.2 Å². The second-order valence-electron chi connectivity index (χ2n) is 5.10. The van der Waals surface area contributed by atoms with Gasteiger partial charge >= 0.3 is 5.97 Å². The Morgan fingerprint density at radius 3 is 2.65 bits per heavy atom. The molecule has 116 valence electrons. The van der Waals surface area contributed by atoms with E-state index < -0.39 is 12.1 Å². The highest BCUT2D eigenvalue weighted by Gasteiger charge is 2.20. The molecule has 0 aliphatic heterocycles. The van der Waals surface area contributed by atoms with Crippen molar-refractivity contribution in [1.29, 1.82) is 0 Å². The Kier molecular flexibility index (Phi) is 4.14. The van der Waals surface area contributed by atoms with Gasteiger partial charge in [0.05, 0.1) is 5.56 Å². The molecule has 0 aliphatic carbocycles. The molecule has 0 aliphatic rings. The van der Waals surface area contributed by atoms with Gasteiger partial charge in [0.15, 0.2) is 6.10 Å². The van der Waals surface area contributed by atoms with Gasteiger partial charge in [0, 0.05) is 18.0 Å². The van der Waals surface area contributed by atoms with E-state index in [1.165, 1.54) is 6.20 Å². The van der Waals surface area contributed by atoms with Crippen LogP contribution >= 0.6 is 0 Å². The summed E-state index contributed by atoms with van der Waals surface area (Å²) in [6, 6.07) is 11.0. The van der Waals surface area contributed by atoms with Crippen molar-refractivity contribution in [2.24, 2.45) is 0 Å². The highest BCUT2D eigenvalue weighted by molar-refractivity contribution is 5.89. The molecule has 1 atom stereocenters. The van der Waals surface area contributed by atoms with Crippen molar-refractivity contribution in [2.75, 3.05) is 0 Å². The molecule has 23 heavy (non-hydrogen) atoms. The summed E-state index contributed by atoms with van der Waals surface area (Å²) in [6.07, 6.45) is 2.39. The molecule has 0 fully saturated rings. The quantitative estimate of drug-likeness (QED) is 0.688. The Hall–Kier alpha value is -3.02. The van der Waals surface area contributed by atoms with E-state index in [9.17, 15) is 4.79 Å². The number of carbonyl (C=O) groups excluding carboxylic acids is 1. The minimum atomic E-state index is -0.644. The van der Waals surface area contributed by atoms with Crippen LogP contribution in [-0.4, -0.2) is 21.2 Å². The van der Waals surface area contributed by atoms with Crippen LogP contribution in [-0.2, 0) is 4.74 Å². The molecule has 2 heterocycles. The Morgan fingerprint density at radius 1 is 1.17 bits per heavy atom. The zero-order valence-electron chi connectivity index (χ0n) is 12.8. The van der Waals surface area contributed by atoms with Crippen LogP contribution in [0.5, 0.6) is 0 Å². The summed E-state index contributed by atoms with van der Waals surface area (Å²) in [5.41, 5.74) is 2.34. The molecule has 0 spiro atoms. The molecular weight excluding hydrogens is 294 g/mol. The number of esters is 1. The van der Waals surface area contributed by atoms with Crippen molar-refractivity contribution in [3.05, 3.63) is 65.8 Å². The Morgan fingerprint density at radius 2 is 1.96 bits per heavy atom. The van der Waals surface area contributed by atoms with Gasteiger partial charge in [0.25, 0.3) is 5.89 Å².